The molecule has 25 heavy (non-hydrogen) atoms. The Labute approximate surface area is 147 Å². The fourth-order valence-electron chi connectivity index (χ4n) is 2.92. The van der Waals surface area contributed by atoms with Gasteiger partial charge in [0.15, 0.2) is 5.76 Å². The topological polar surface area (TPSA) is 81.8 Å². The Morgan fingerprint density at radius 3 is 2.28 bits per heavy atom. The van der Waals surface area contributed by atoms with E-state index < -0.39 is 24.3 Å². The first-order valence-corrected chi connectivity index (χ1v) is 8.20. The number of carboxylic acids is 1. The van der Waals surface area contributed by atoms with E-state index in [9.17, 15) is 9.90 Å². The van der Waals surface area contributed by atoms with Gasteiger partial charge < -0.3 is 18.9 Å². The summed E-state index contributed by atoms with van der Waals surface area (Å²) in [6.07, 6.45) is 0. The van der Waals surface area contributed by atoms with Crippen LogP contribution in [-0.4, -0.2) is 34.6 Å². The van der Waals surface area contributed by atoms with E-state index >= 15 is 0 Å². The molecule has 0 atom stereocenters. The number of aromatic nitrogens is 1. The van der Waals surface area contributed by atoms with Gasteiger partial charge in [-0.25, -0.2) is 4.79 Å². The molecule has 2 aromatic rings. The van der Waals surface area contributed by atoms with Crippen molar-refractivity contribution in [1.29, 1.82) is 0 Å². The van der Waals surface area contributed by atoms with Crippen molar-refractivity contribution in [2.75, 3.05) is 0 Å². The van der Waals surface area contributed by atoms with Gasteiger partial charge in [0.05, 0.1) is 27.9 Å². The van der Waals surface area contributed by atoms with Crippen LogP contribution in [0.2, 0.25) is 0 Å². The molecular weight excluding hydrogens is 321 g/mol. The average molecular weight is 343 g/mol. The highest BCUT2D eigenvalue weighted by Gasteiger charge is 2.53. The molecule has 1 N–H and O–H groups in total. The van der Waals surface area contributed by atoms with Gasteiger partial charge in [-0.05, 0) is 53.2 Å². The van der Waals surface area contributed by atoms with Gasteiger partial charge in [0.1, 0.15) is 0 Å². The SMILES string of the molecule is Cc1noc(-c2cccc(C(=O)O)c2C)c1B1OC(C)(C)C(C)(C)O1. The number of rotatable bonds is 3. The lowest BCUT2D eigenvalue weighted by atomic mass is 9.75. The summed E-state index contributed by atoms with van der Waals surface area (Å²) >= 11 is 0. The van der Waals surface area contributed by atoms with Gasteiger partial charge in [0, 0.05) is 5.56 Å². The molecule has 0 aliphatic carbocycles. The number of carbonyl (C=O) groups is 1. The number of hydrogen-bond donors (Lipinski definition) is 1. The van der Waals surface area contributed by atoms with Gasteiger partial charge in [-0.15, -0.1) is 0 Å². The van der Waals surface area contributed by atoms with E-state index in [1.54, 1.807) is 19.1 Å². The summed E-state index contributed by atoms with van der Waals surface area (Å²) < 4.78 is 17.8. The van der Waals surface area contributed by atoms with E-state index in [4.69, 9.17) is 13.8 Å². The highest BCUT2D eigenvalue weighted by molar-refractivity contribution is 6.64. The Hall–Kier alpha value is -2.12. The van der Waals surface area contributed by atoms with Crippen molar-refractivity contribution in [2.24, 2.45) is 0 Å². The minimum absolute atomic E-state index is 0.228. The Morgan fingerprint density at radius 2 is 1.72 bits per heavy atom. The monoisotopic (exact) mass is 343 g/mol. The van der Waals surface area contributed by atoms with Crippen LogP contribution in [-0.2, 0) is 9.31 Å². The number of nitrogens with zero attached hydrogens (tertiary/aromatic N) is 1. The number of benzene rings is 1. The second-order valence-corrected chi connectivity index (χ2v) is 7.38. The van der Waals surface area contributed by atoms with Crippen LogP contribution in [0.25, 0.3) is 11.3 Å². The maximum atomic E-state index is 11.4. The van der Waals surface area contributed by atoms with Crippen molar-refractivity contribution in [3.05, 3.63) is 35.0 Å². The molecule has 3 rings (SSSR count). The number of carboxylic acid groups (broad SMARTS) is 1. The van der Waals surface area contributed by atoms with Crippen LogP contribution in [0.4, 0.5) is 0 Å². The van der Waals surface area contributed by atoms with Gasteiger partial charge in [0.2, 0.25) is 0 Å². The minimum Gasteiger partial charge on any atom is -0.478 e. The fourth-order valence-corrected chi connectivity index (χ4v) is 2.92. The maximum absolute atomic E-state index is 11.4. The first-order valence-electron chi connectivity index (χ1n) is 8.20. The molecule has 0 unspecified atom stereocenters. The molecular formula is C18H22BNO5. The zero-order valence-corrected chi connectivity index (χ0v) is 15.3. The number of aromatic carboxylic acids is 1. The fraction of sp³-hybridized carbons (Fsp3) is 0.444. The van der Waals surface area contributed by atoms with Crippen LogP contribution < -0.4 is 5.46 Å². The molecule has 1 aliphatic rings. The standard InChI is InChI=1S/C18H22BNO5/c1-10-12(8-7-9-13(10)16(21)22)15-14(11(2)20-23-15)19-24-17(3,4)18(5,6)25-19/h7-9H,1-6H3,(H,21,22). The molecule has 6 nitrogen and oxygen atoms in total. The van der Waals surface area contributed by atoms with Crippen molar-refractivity contribution in [1.82, 2.24) is 5.16 Å². The zero-order chi connectivity index (χ0) is 18.6. The second-order valence-electron chi connectivity index (χ2n) is 7.38. The summed E-state index contributed by atoms with van der Waals surface area (Å²) in [4.78, 5) is 11.4. The lowest BCUT2D eigenvalue weighted by Gasteiger charge is -2.32. The molecule has 0 radical (unpaired) electrons. The zero-order valence-electron chi connectivity index (χ0n) is 15.3. The highest BCUT2D eigenvalue weighted by Crippen LogP contribution is 2.38. The minimum atomic E-state index is -0.979. The first-order chi connectivity index (χ1) is 11.5. The smallest absolute Gasteiger partial charge is 0.478 e. The maximum Gasteiger partial charge on any atom is 0.500 e. The summed E-state index contributed by atoms with van der Waals surface area (Å²) in [6.45, 7) is 11.5. The number of hydrogen-bond acceptors (Lipinski definition) is 5. The van der Waals surface area contributed by atoms with Crippen molar-refractivity contribution in [3.8, 4) is 11.3 Å². The van der Waals surface area contributed by atoms with Gasteiger partial charge in [0.25, 0.3) is 0 Å². The van der Waals surface area contributed by atoms with Crippen LogP contribution in [0, 0.1) is 13.8 Å². The molecule has 1 aliphatic heterocycles. The van der Waals surface area contributed by atoms with E-state index in [-0.39, 0.29) is 5.56 Å². The normalized spacial score (nSPS) is 18.6. The second kappa shape index (κ2) is 5.71. The van der Waals surface area contributed by atoms with Crippen molar-refractivity contribution in [2.45, 2.75) is 52.7 Å². The molecule has 1 aromatic carbocycles. The molecule has 1 aromatic heterocycles. The molecule has 1 fully saturated rings. The van der Waals surface area contributed by atoms with Crippen molar-refractivity contribution < 1.29 is 23.7 Å². The van der Waals surface area contributed by atoms with Crippen LogP contribution in [0.15, 0.2) is 22.7 Å². The number of aryl methyl sites for hydroxylation is 1. The first kappa shape index (κ1) is 17.7. The van der Waals surface area contributed by atoms with Gasteiger partial charge in [-0.3, -0.25) is 0 Å². The van der Waals surface area contributed by atoms with Crippen LogP contribution >= 0.6 is 0 Å². The third-order valence-electron chi connectivity index (χ3n) is 5.21. The summed E-state index contributed by atoms with van der Waals surface area (Å²) in [5.41, 5.74) is 1.89. The van der Waals surface area contributed by atoms with Crippen LogP contribution in [0.5, 0.6) is 0 Å². The molecule has 7 heteroatoms. The summed E-state index contributed by atoms with van der Waals surface area (Å²) in [6, 6.07) is 5.08. The third kappa shape index (κ3) is 2.77. The van der Waals surface area contributed by atoms with Crippen molar-refractivity contribution in [3.63, 3.8) is 0 Å². The van der Waals surface area contributed by atoms with Crippen molar-refractivity contribution >= 4 is 18.6 Å². The Kier molecular flexibility index (Phi) is 4.04. The van der Waals surface area contributed by atoms with Gasteiger partial charge >= 0.3 is 13.1 Å². The summed E-state index contributed by atoms with van der Waals surface area (Å²) in [5, 5.41) is 13.4. The molecule has 0 saturated carbocycles. The van der Waals surface area contributed by atoms with E-state index in [2.05, 4.69) is 5.16 Å². The van der Waals surface area contributed by atoms with Crippen LogP contribution in [0.3, 0.4) is 0 Å². The third-order valence-corrected chi connectivity index (χ3v) is 5.21. The lowest BCUT2D eigenvalue weighted by Crippen LogP contribution is -2.41. The Morgan fingerprint density at radius 1 is 1.12 bits per heavy atom. The molecule has 0 amide bonds. The molecule has 132 valence electrons. The highest BCUT2D eigenvalue weighted by atomic mass is 16.7. The lowest BCUT2D eigenvalue weighted by molar-refractivity contribution is 0.00578. The van der Waals surface area contributed by atoms with E-state index in [0.717, 1.165) is 0 Å². The average Bonchev–Trinajstić information content (AvgIpc) is 2.96. The van der Waals surface area contributed by atoms with Gasteiger partial charge in [-0.2, -0.15) is 0 Å². The molecule has 2 heterocycles. The predicted octanol–water partition coefficient (Wildman–Crippen LogP) is 2.96. The van der Waals surface area contributed by atoms with Gasteiger partial charge in [-0.1, -0.05) is 17.3 Å². The molecule has 0 bridgehead atoms. The Bertz CT molecular complexity index is 824. The summed E-state index contributed by atoms with van der Waals surface area (Å²) in [5.74, 6) is -0.496. The van der Waals surface area contributed by atoms with E-state index in [1.807, 2.05) is 40.7 Å². The largest absolute Gasteiger partial charge is 0.500 e. The Balaban J connectivity index is 2.11. The van der Waals surface area contributed by atoms with E-state index in [0.29, 0.717) is 28.0 Å². The van der Waals surface area contributed by atoms with Crippen LogP contribution in [0.1, 0.15) is 49.3 Å². The summed E-state index contributed by atoms with van der Waals surface area (Å²) in [7, 11) is -0.626. The quantitative estimate of drug-likeness (QED) is 0.863. The molecule has 0 spiro atoms. The predicted molar refractivity (Wildman–Crippen MR) is 94.1 cm³/mol. The van der Waals surface area contributed by atoms with E-state index in [1.165, 1.54) is 0 Å². The molecule has 1 saturated heterocycles.